The van der Waals surface area contributed by atoms with E-state index in [2.05, 4.69) is 15.6 Å². The Hall–Kier alpha value is -1.42. The van der Waals surface area contributed by atoms with Gasteiger partial charge in [0.05, 0.1) is 0 Å². The number of anilines is 1. The number of nitrogens with one attached hydrogen (secondary N) is 2. The molecule has 0 spiro atoms. The average Bonchev–Trinajstić information content (AvgIpc) is 2.28. The highest BCUT2D eigenvalue weighted by molar-refractivity contribution is 5.90. The first-order valence-electron chi connectivity index (χ1n) is 6.59. The van der Waals surface area contributed by atoms with Gasteiger partial charge in [-0.1, -0.05) is 0 Å². The van der Waals surface area contributed by atoms with E-state index in [4.69, 9.17) is 0 Å². The van der Waals surface area contributed by atoms with Crippen molar-refractivity contribution in [3.8, 4) is 0 Å². The highest BCUT2D eigenvalue weighted by Crippen LogP contribution is 2.15. The summed E-state index contributed by atoms with van der Waals surface area (Å²) in [4.78, 5) is 16.2. The van der Waals surface area contributed by atoms with E-state index in [9.17, 15) is 4.79 Å². The van der Waals surface area contributed by atoms with Crippen molar-refractivity contribution in [2.45, 2.75) is 33.1 Å². The smallest absolute Gasteiger partial charge is 0.225 e. The van der Waals surface area contributed by atoms with Crippen molar-refractivity contribution in [1.29, 1.82) is 0 Å². The van der Waals surface area contributed by atoms with E-state index in [-0.39, 0.29) is 5.91 Å². The average molecular weight is 247 g/mol. The first-order valence-corrected chi connectivity index (χ1v) is 6.59. The Bertz CT molecular complexity index is 405. The van der Waals surface area contributed by atoms with Crippen LogP contribution < -0.4 is 10.6 Å². The van der Waals surface area contributed by atoms with Gasteiger partial charge in [-0.05, 0) is 63.4 Å². The molecule has 1 saturated heterocycles. The fraction of sp³-hybridized carbons (Fsp3) is 0.571. The maximum atomic E-state index is 11.9. The molecule has 4 nitrogen and oxygen atoms in total. The number of nitrogens with zero attached hydrogens (tertiary/aromatic N) is 1. The third-order valence-corrected chi connectivity index (χ3v) is 3.24. The van der Waals surface area contributed by atoms with Gasteiger partial charge in [-0.25, -0.2) is 4.98 Å². The lowest BCUT2D eigenvalue weighted by atomic mass is 9.96. The van der Waals surface area contributed by atoms with E-state index in [1.54, 1.807) is 0 Å². The van der Waals surface area contributed by atoms with Gasteiger partial charge < -0.3 is 10.6 Å². The van der Waals surface area contributed by atoms with Crippen LogP contribution in [0.5, 0.6) is 0 Å². The van der Waals surface area contributed by atoms with E-state index in [0.29, 0.717) is 18.2 Å². The Morgan fingerprint density at radius 1 is 1.50 bits per heavy atom. The third-order valence-electron chi connectivity index (χ3n) is 3.24. The minimum absolute atomic E-state index is 0.0706. The van der Waals surface area contributed by atoms with Crippen LogP contribution in [0.25, 0.3) is 0 Å². The molecule has 1 aromatic heterocycles. The van der Waals surface area contributed by atoms with Gasteiger partial charge in [0, 0.05) is 12.1 Å². The van der Waals surface area contributed by atoms with E-state index in [0.717, 1.165) is 30.8 Å². The van der Waals surface area contributed by atoms with Gasteiger partial charge in [-0.15, -0.1) is 0 Å². The largest absolute Gasteiger partial charge is 0.316 e. The number of pyridine rings is 1. The zero-order chi connectivity index (χ0) is 13.0. The van der Waals surface area contributed by atoms with Crippen LogP contribution in [0.4, 0.5) is 5.82 Å². The third kappa shape index (κ3) is 3.81. The summed E-state index contributed by atoms with van der Waals surface area (Å²) in [7, 11) is 0. The Kier molecular flexibility index (Phi) is 4.31. The Morgan fingerprint density at radius 2 is 2.33 bits per heavy atom. The van der Waals surface area contributed by atoms with E-state index < -0.39 is 0 Å². The van der Waals surface area contributed by atoms with Gasteiger partial charge in [0.1, 0.15) is 5.82 Å². The molecule has 1 aromatic rings. The quantitative estimate of drug-likeness (QED) is 0.859. The zero-order valence-electron chi connectivity index (χ0n) is 11.1. The molecule has 4 heteroatoms. The van der Waals surface area contributed by atoms with Crippen LogP contribution in [-0.2, 0) is 4.79 Å². The molecule has 98 valence electrons. The molecule has 1 amide bonds. The van der Waals surface area contributed by atoms with Crippen molar-refractivity contribution in [2.24, 2.45) is 5.92 Å². The number of piperidine rings is 1. The molecule has 1 unspecified atom stereocenters. The zero-order valence-corrected chi connectivity index (χ0v) is 11.1. The van der Waals surface area contributed by atoms with Crippen LogP contribution >= 0.6 is 0 Å². The first-order chi connectivity index (χ1) is 8.63. The standard InChI is InChI=1S/C14H21N3O/c1-10-6-11(2)16-13(7-10)17-14(18)8-12-4-3-5-15-9-12/h6-7,12,15H,3-5,8-9H2,1-2H3,(H,16,17,18). The molecule has 2 heterocycles. The molecule has 18 heavy (non-hydrogen) atoms. The molecule has 0 aliphatic carbocycles. The Labute approximate surface area is 108 Å². The van der Waals surface area contributed by atoms with Crippen molar-refractivity contribution in [3.05, 3.63) is 23.4 Å². The predicted octanol–water partition coefficient (Wildman–Crippen LogP) is 2.03. The molecule has 0 bridgehead atoms. The number of aryl methyl sites for hydroxylation is 2. The van der Waals surface area contributed by atoms with Gasteiger partial charge in [0.2, 0.25) is 5.91 Å². The van der Waals surface area contributed by atoms with Gasteiger partial charge >= 0.3 is 0 Å². The van der Waals surface area contributed by atoms with Crippen molar-refractivity contribution >= 4 is 11.7 Å². The summed E-state index contributed by atoms with van der Waals surface area (Å²) in [5, 5.41) is 6.22. The van der Waals surface area contributed by atoms with Crippen LogP contribution in [0.3, 0.4) is 0 Å². The minimum Gasteiger partial charge on any atom is -0.316 e. The van der Waals surface area contributed by atoms with Gasteiger partial charge in [0.25, 0.3) is 0 Å². The number of amides is 1. The highest BCUT2D eigenvalue weighted by atomic mass is 16.1. The number of carbonyl (C=O) groups excluding carboxylic acids is 1. The summed E-state index contributed by atoms with van der Waals surface area (Å²) < 4.78 is 0. The molecule has 2 N–H and O–H groups in total. The van der Waals surface area contributed by atoms with Crippen LogP contribution in [0.2, 0.25) is 0 Å². The van der Waals surface area contributed by atoms with E-state index >= 15 is 0 Å². The summed E-state index contributed by atoms with van der Waals surface area (Å²) in [6.07, 6.45) is 2.89. The number of hydrogen-bond acceptors (Lipinski definition) is 3. The van der Waals surface area contributed by atoms with Crippen LogP contribution in [0.15, 0.2) is 12.1 Å². The lowest BCUT2D eigenvalue weighted by molar-refractivity contribution is -0.117. The molecule has 0 radical (unpaired) electrons. The van der Waals surface area contributed by atoms with E-state index in [1.165, 1.54) is 6.42 Å². The molecule has 2 rings (SSSR count). The molecule has 0 saturated carbocycles. The predicted molar refractivity (Wildman–Crippen MR) is 72.6 cm³/mol. The SMILES string of the molecule is Cc1cc(C)nc(NC(=O)CC2CCCNC2)c1. The maximum absolute atomic E-state index is 11.9. The van der Waals surface area contributed by atoms with Gasteiger partial charge in [-0.3, -0.25) is 4.79 Å². The first kappa shape index (κ1) is 13.0. The monoisotopic (exact) mass is 247 g/mol. The lowest BCUT2D eigenvalue weighted by Gasteiger charge is -2.22. The second kappa shape index (κ2) is 5.96. The topological polar surface area (TPSA) is 54.0 Å². The Balaban J connectivity index is 1.89. The van der Waals surface area contributed by atoms with Crippen molar-refractivity contribution in [3.63, 3.8) is 0 Å². The van der Waals surface area contributed by atoms with Crippen LogP contribution in [0.1, 0.15) is 30.5 Å². The number of hydrogen-bond donors (Lipinski definition) is 2. The lowest BCUT2D eigenvalue weighted by Crippen LogP contribution is -2.32. The van der Waals surface area contributed by atoms with Crippen molar-refractivity contribution in [1.82, 2.24) is 10.3 Å². The second-order valence-corrected chi connectivity index (χ2v) is 5.14. The molecule has 1 aliphatic heterocycles. The van der Waals surface area contributed by atoms with Gasteiger partial charge in [-0.2, -0.15) is 0 Å². The fourth-order valence-electron chi connectivity index (χ4n) is 2.46. The number of aromatic nitrogens is 1. The van der Waals surface area contributed by atoms with Crippen LogP contribution in [-0.4, -0.2) is 24.0 Å². The van der Waals surface area contributed by atoms with E-state index in [1.807, 2.05) is 26.0 Å². The molecule has 1 atom stereocenters. The van der Waals surface area contributed by atoms with Gasteiger partial charge in [0.15, 0.2) is 0 Å². The summed E-state index contributed by atoms with van der Waals surface area (Å²) in [6.45, 7) is 5.98. The fourth-order valence-corrected chi connectivity index (χ4v) is 2.46. The number of carbonyl (C=O) groups is 1. The van der Waals surface area contributed by atoms with Crippen molar-refractivity contribution < 1.29 is 4.79 Å². The Morgan fingerprint density at radius 3 is 3.00 bits per heavy atom. The summed E-state index contributed by atoms with van der Waals surface area (Å²) in [6, 6.07) is 3.91. The summed E-state index contributed by atoms with van der Waals surface area (Å²) in [5.41, 5.74) is 2.06. The summed E-state index contributed by atoms with van der Waals surface area (Å²) in [5.74, 6) is 1.20. The second-order valence-electron chi connectivity index (χ2n) is 5.14. The highest BCUT2D eigenvalue weighted by Gasteiger charge is 2.17. The minimum atomic E-state index is 0.0706. The molecule has 1 aliphatic rings. The molecule has 1 fully saturated rings. The number of rotatable bonds is 3. The molecule has 0 aromatic carbocycles. The molecular formula is C14H21N3O. The summed E-state index contributed by atoms with van der Waals surface area (Å²) >= 11 is 0. The van der Waals surface area contributed by atoms with Crippen molar-refractivity contribution in [2.75, 3.05) is 18.4 Å². The molecular weight excluding hydrogens is 226 g/mol. The maximum Gasteiger partial charge on any atom is 0.225 e. The van der Waals surface area contributed by atoms with Crippen LogP contribution in [0, 0.1) is 19.8 Å². The normalized spacial score (nSPS) is 19.6.